The van der Waals surface area contributed by atoms with Crippen molar-refractivity contribution in [2.45, 2.75) is 39.2 Å². The molecule has 1 atom stereocenters. The van der Waals surface area contributed by atoms with Crippen LogP contribution >= 0.6 is 0 Å². The molecule has 0 bridgehead atoms. The number of carbonyl (C=O) groups excluding carboxylic acids is 1. The van der Waals surface area contributed by atoms with Gasteiger partial charge < -0.3 is 10.1 Å². The molecule has 0 spiro atoms. The Labute approximate surface area is 102 Å². The Morgan fingerprint density at radius 2 is 2.35 bits per heavy atom. The van der Waals surface area contributed by atoms with Crippen LogP contribution < -0.4 is 10.1 Å². The van der Waals surface area contributed by atoms with Crippen LogP contribution in [0.3, 0.4) is 0 Å². The molecule has 0 aliphatic carbocycles. The van der Waals surface area contributed by atoms with E-state index >= 15 is 0 Å². The van der Waals surface area contributed by atoms with E-state index in [-0.39, 0.29) is 11.9 Å². The quantitative estimate of drug-likeness (QED) is 0.871. The molecule has 1 N–H and O–H groups in total. The van der Waals surface area contributed by atoms with Gasteiger partial charge in [0.25, 0.3) is 5.91 Å². The highest BCUT2D eigenvalue weighted by atomic mass is 16.5. The highest BCUT2D eigenvalue weighted by molar-refractivity contribution is 5.94. The maximum absolute atomic E-state index is 11.9. The van der Waals surface area contributed by atoms with Crippen molar-refractivity contribution >= 4 is 5.91 Å². The van der Waals surface area contributed by atoms with Crippen LogP contribution in [0.5, 0.6) is 5.75 Å². The monoisotopic (exact) mass is 233 g/mol. The zero-order valence-corrected chi connectivity index (χ0v) is 10.5. The molecule has 92 valence electrons. The number of benzene rings is 1. The fraction of sp³-hybridized carbons (Fsp3) is 0.500. The van der Waals surface area contributed by atoms with Crippen LogP contribution in [0.4, 0.5) is 0 Å². The topological polar surface area (TPSA) is 38.3 Å². The van der Waals surface area contributed by atoms with Gasteiger partial charge in [0.1, 0.15) is 5.75 Å². The summed E-state index contributed by atoms with van der Waals surface area (Å²) in [4.78, 5) is 11.9. The summed E-state index contributed by atoms with van der Waals surface area (Å²) in [6.45, 7) is 4.86. The number of ether oxygens (including phenoxy) is 1. The van der Waals surface area contributed by atoms with Crippen molar-refractivity contribution < 1.29 is 9.53 Å². The molecule has 1 unspecified atom stereocenters. The SMILES string of the molecule is CCC(C)NC(=O)c1ccc2c(c1)CCCO2. The summed E-state index contributed by atoms with van der Waals surface area (Å²) in [5, 5.41) is 2.97. The molecule has 1 amide bonds. The van der Waals surface area contributed by atoms with Crippen LogP contribution in [0, 0.1) is 0 Å². The van der Waals surface area contributed by atoms with Gasteiger partial charge in [-0.25, -0.2) is 0 Å². The Morgan fingerprint density at radius 1 is 1.53 bits per heavy atom. The molecule has 0 aromatic heterocycles. The Morgan fingerprint density at radius 3 is 3.12 bits per heavy atom. The molecule has 2 rings (SSSR count). The number of fused-ring (bicyclic) bond motifs is 1. The molecule has 0 saturated carbocycles. The lowest BCUT2D eigenvalue weighted by Gasteiger charge is -2.18. The largest absolute Gasteiger partial charge is 0.493 e. The lowest BCUT2D eigenvalue weighted by Crippen LogP contribution is -2.32. The summed E-state index contributed by atoms with van der Waals surface area (Å²) in [5.74, 6) is 0.934. The van der Waals surface area contributed by atoms with Crippen molar-refractivity contribution in [1.29, 1.82) is 0 Å². The normalized spacial score (nSPS) is 15.6. The Hall–Kier alpha value is -1.51. The highest BCUT2D eigenvalue weighted by Gasteiger charge is 2.14. The van der Waals surface area contributed by atoms with Crippen LogP contribution in [0.25, 0.3) is 0 Å². The van der Waals surface area contributed by atoms with E-state index in [0.717, 1.165) is 42.7 Å². The summed E-state index contributed by atoms with van der Waals surface area (Å²) < 4.78 is 5.53. The minimum atomic E-state index is 0.00715. The van der Waals surface area contributed by atoms with Crippen molar-refractivity contribution in [3.8, 4) is 5.75 Å². The second kappa shape index (κ2) is 5.21. The van der Waals surface area contributed by atoms with Crippen molar-refractivity contribution in [3.05, 3.63) is 29.3 Å². The van der Waals surface area contributed by atoms with Crippen LogP contribution in [0.2, 0.25) is 0 Å². The summed E-state index contributed by atoms with van der Waals surface area (Å²) in [7, 11) is 0. The summed E-state index contributed by atoms with van der Waals surface area (Å²) in [5.41, 5.74) is 1.88. The smallest absolute Gasteiger partial charge is 0.251 e. The van der Waals surface area contributed by atoms with E-state index in [0.29, 0.717) is 0 Å². The third-order valence-corrected chi connectivity index (χ3v) is 3.16. The third kappa shape index (κ3) is 2.78. The van der Waals surface area contributed by atoms with Gasteiger partial charge in [-0.3, -0.25) is 4.79 Å². The molecule has 1 heterocycles. The van der Waals surface area contributed by atoms with E-state index in [1.165, 1.54) is 0 Å². The Bertz CT molecular complexity index is 415. The van der Waals surface area contributed by atoms with E-state index in [4.69, 9.17) is 4.74 Å². The van der Waals surface area contributed by atoms with Crippen LogP contribution in [-0.2, 0) is 6.42 Å². The van der Waals surface area contributed by atoms with Crippen molar-refractivity contribution in [2.75, 3.05) is 6.61 Å². The lowest BCUT2D eigenvalue weighted by molar-refractivity contribution is 0.0939. The Kier molecular flexibility index (Phi) is 3.67. The molecule has 1 aliphatic heterocycles. The zero-order chi connectivity index (χ0) is 12.3. The zero-order valence-electron chi connectivity index (χ0n) is 10.5. The van der Waals surface area contributed by atoms with Crippen LogP contribution in [-0.4, -0.2) is 18.6 Å². The first kappa shape index (κ1) is 12.0. The molecule has 0 radical (unpaired) electrons. The molecule has 0 saturated heterocycles. The van der Waals surface area contributed by atoms with E-state index in [2.05, 4.69) is 12.2 Å². The van der Waals surface area contributed by atoms with Crippen LogP contribution in [0.15, 0.2) is 18.2 Å². The molecule has 0 fully saturated rings. The van der Waals surface area contributed by atoms with E-state index in [1.807, 2.05) is 25.1 Å². The van der Waals surface area contributed by atoms with Gasteiger partial charge in [0, 0.05) is 11.6 Å². The highest BCUT2D eigenvalue weighted by Crippen LogP contribution is 2.25. The van der Waals surface area contributed by atoms with Gasteiger partial charge in [-0.05, 0) is 49.9 Å². The minimum absolute atomic E-state index is 0.00715. The number of rotatable bonds is 3. The molecule has 1 aliphatic rings. The number of hydrogen-bond donors (Lipinski definition) is 1. The van der Waals surface area contributed by atoms with E-state index < -0.39 is 0 Å². The fourth-order valence-electron chi connectivity index (χ4n) is 1.91. The minimum Gasteiger partial charge on any atom is -0.493 e. The summed E-state index contributed by atoms with van der Waals surface area (Å²) in [6.07, 6.45) is 2.98. The first-order valence-electron chi connectivity index (χ1n) is 6.27. The van der Waals surface area contributed by atoms with Gasteiger partial charge in [0.05, 0.1) is 6.61 Å². The van der Waals surface area contributed by atoms with Gasteiger partial charge in [-0.1, -0.05) is 6.92 Å². The second-order valence-electron chi connectivity index (χ2n) is 4.56. The molecular weight excluding hydrogens is 214 g/mol. The number of carbonyl (C=O) groups is 1. The van der Waals surface area contributed by atoms with Crippen molar-refractivity contribution in [3.63, 3.8) is 0 Å². The predicted molar refractivity (Wildman–Crippen MR) is 67.5 cm³/mol. The summed E-state index contributed by atoms with van der Waals surface area (Å²) >= 11 is 0. The maximum atomic E-state index is 11.9. The van der Waals surface area contributed by atoms with Gasteiger partial charge in [0.15, 0.2) is 0 Å². The van der Waals surface area contributed by atoms with Gasteiger partial charge in [-0.15, -0.1) is 0 Å². The van der Waals surface area contributed by atoms with E-state index in [1.54, 1.807) is 0 Å². The molecule has 17 heavy (non-hydrogen) atoms. The van der Waals surface area contributed by atoms with Crippen molar-refractivity contribution in [1.82, 2.24) is 5.32 Å². The average molecular weight is 233 g/mol. The maximum Gasteiger partial charge on any atom is 0.251 e. The number of amides is 1. The fourth-order valence-corrected chi connectivity index (χ4v) is 1.91. The average Bonchev–Trinajstić information content (AvgIpc) is 2.38. The van der Waals surface area contributed by atoms with Crippen molar-refractivity contribution in [2.24, 2.45) is 0 Å². The number of aryl methyl sites for hydroxylation is 1. The number of hydrogen-bond acceptors (Lipinski definition) is 2. The Balaban J connectivity index is 2.13. The first-order chi connectivity index (χ1) is 8.20. The second-order valence-corrected chi connectivity index (χ2v) is 4.56. The molecule has 3 nitrogen and oxygen atoms in total. The third-order valence-electron chi connectivity index (χ3n) is 3.16. The summed E-state index contributed by atoms with van der Waals surface area (Å²) in [6, 6.07) is 5.91. The molecular formula is C14H19NO2. The van der Waals surface area contributed by atoms with Gasteiger partial charge in [0.2, 0.25) is 0 Å². The lowest BCUT2D eigenvalue weighted by atomic mass is 10.0. The number of nitrogens with one attached hydrogen (secondary N) is 1. The van der Waals surface area contributed by atoms with E-state index in [9.17, 15) is 4.79 Å². The predicted octanol–water partition coefficient (Wildman–Crippen LogP) is 2.54. The van der Waals surface area contributed by atoms with Gasteiger partial charge in [-0.2, -0.15) is 0 Å². The molecule has 1 aromatic rings. The van der Waals surface area contributed by atoms with Gasteiger partial charge >= 0.3 is 0 Å². The standard InChI is InChI=1S/C14H19NO2/c1-3-10(2)15-14(16)12-6-7-13-11(9-12)5-4-8-17-13/h6-7,9-10H,3-5,8H2,1-2H3,(H,15,16). The first-order valence-corrected chi connectivity index (χ1v) is 6.27. The van der Waals surface area contributed by atoms with Crippen LogP contribution in [0.1, 0.15) is 42.6 Å². The molecule has 3 heteroatoms. The molecule has 1 aromatic carbocycles.